The van der Waals surface area contributed by atoms with Crippen LogP contribution in [0.4, 0.5) is 0 Å². The smallest absolute Gasteiger partial charge is 0.226 e. The quantitative estimate of drug-likeness (QED) is 0.857. The van der Waals surface area contributed by atoms with Crippen molar-refractivity contribution in [3.8, 4) is 0 Å². The molecule has 0 unspecified atom stereocenters. The minimum absolute atomic E-state index is 0.179. The van der Waals surface area contributed by atoms with Crippen LogP contribution in [0.1, 0.15) is 37.4 Å². The van der Waals surface area contributed by atoms with Crippen molar-refractivity contribution in [1.82, 2.24) is 20.4 Å². The van der Waals surface area contributed by atoms with Gasteiger partial charge in [-0.1, -0.05) is 6.92 Å². The Kier molecular flexibility index (Phi) is 4.24. The predicted molar refractivity (Wildman–Crippen MR) is 74.6 cm³/mol. The largest absolute Gasteiger partial charge is 0.351 e. The summed E-state index contributed by atoms with van der Waals surface area (Å²) in [4.78, 5) is 12.5. The van der Waals surface area contributed by atoms with Crippen molar-refractivity contribution in [3.63, 3.8) is 0 Å². The van der Waals surface area contributed by atoms with E-state index >= 15 is 0 Å². The van der Waals surface area contributed by atoms with E-state index in [1.807, 2.05) is 20.2 Å². The van der Waals surface area contributed by atoms with Gasteiger partial charge in [0.05, 0.1) is 11.1 Å². The monoisotopic (exact) mass is 264 g/mol. The van der Waals surface area contributed by atoms with Crippen molar-refractivity contribution < 1.29 is 4.79 Å². The van der Waals surface area contributed by atoms with Gasteiger partial charge in [-0.2, -0.15) is 5.10 Å². The standard InChI is InChI=1S/C14H24N4O/c1-4-14(5-7-15-8-6-14)13(19)16-9-12-10-18(3)17-11(12)2/h10,15H,4-9H2,1-3H3,(H,16,19). The van der Waals surface area contributed by atoms with Gasteiger partial charge in [0.25, 0.3) is 0 Å². The number of rotatable bonds is 4. The van der Waals surface area contributed by atoms with Crippen LogP contribution < -0.4 is 10.6 Å². The molecular formula is C14H24N4O. The summed E-state index contributed by atoms with van der Waals surface area (Å²) in [6.07, 6.45) is 4.74. The lowest BCUT2D eigenvalue weighted by atomic mass is 9.76. The van der Waals surface area contributed by atoms with Crippen molar-refractivity contribution in [2.24, 2.45) is 12.5 Å². The molecule has 0 saturated carbocycles. The van der Waals surface area contributed by atoms with Gasteiger partial charge in [0.1, 0.15) is 0 Å². The van der Waals surface area contributed by atoms with E-state index in [2.05, 4.69) is 22.7 Å². The molecule has 1 aliphatic rings. The van der Waals surface area contributed by atoms with Crippen LogP contribution in [-0.2, 0) is 18.4 Å². The molecule has 106 valence electrons. The number of carbonyl (C=O) groups excluding carboxylic acids is 1. The molecule has 1 amide bonds. The zero-order valence-corrected chi connectivity index (χ0v) is 12.1. The van der Waals surface area contributed by atoms with Gasteiger partial charge in [-0.05, 0) is 39.3 Å². The van der Waals surface area contributed by atoms with Crippen molar-refractivity contribution in [2.75, 3.05) is 13.1 Å². The van der Waals surface area contributed by atoms with E-state index in [0.29, 0.717) is 6.54 Å². The molecule has 0 bridgehead atoms. The third-order valence-electron chi connectivity index (χ3n) is 4.27. The summed E-state index contributed by atoms with van der Waals surface area (Å²) in [5.41, 5.74) is 1.90. The third-order valence-corrected chi connectivity index (χ3v) is 4.27. The first kappa shape index (κ1) is 14.1. The summed E-state index contributed by atoms with van der Waals surface area (Å²) in [6, 6.07) is 0. The number of nitrogens with one attached hydrogen (secondary N) is 2. The maximum atomic E-state index is 12.5. The fourth-order valence-corrected chi connectivity index (χ4v) is 2.83. The van der Waals surface area contributed by atoms with Crippen molar-refractivity contribution in [2.45, 2.75) is 39.7 Å². The Morgan fingerprint density at radius 3 is 2.74 bits per heavy atom. The Morgan fingerprint density at radius 2 is 2.21 bits per heavy atom. The first-order valence-corrected chi connectivity index (χ1v) is 7.05. The normalized spacial score (nSPS) is 18.3. The number of carbonyl (C=O) groups is 1. The Morgan fingerprint density at radius 1 is 1.53 bits per heavy atom. The minimum Gasteiger partial charge on any atom is -0.351 e. The number of hydrogen-bond acceptors (Lipinski definition) is 3. The molecular weight excluding hydrogens is 240 g/mol. The van der Waals surface area contributed by atoms with Gasteiger partial charge < -0.3 is 10.6 Å². The van der Waals surface area contributed by atoms with Crippen LogP contribution in [0.2, 0.25) is 0 Å². The van der Waals surface area contributed by atoms with Crippen LogP contribution in [-0.4, -0.2) is 28.8 Å². The molecule has 1 fully saturated rings. The summed E-state index contributed by atoms with van der Waals surface area (Å²) < 4.78 is 1.79. The van der Waals surface area contributed by atoms with Crippen molar-refractivity contribution >= 4 is 5.91 Å². The Hall–Kier alpha value is -1.36. The highest BCUT2D eigenvalue weighted by molar-refractivity contribution is 5.82. The predicted octanol–water partition coefficient (Wildman–Crippen LogP) is 1.12. The molecule has 5 heteroatoms. The zero-order valence-electron chi connectivity index (χ0n) is 12.1. The summed E-state index contributed by atoms with van der Waals surface area (Å²) >= 11 is 0. The first-order chi connectivity index (χ1) is 9.07. The lowest BCUT2D eigenvalue weighted by Crippen LogP contribution is -2.47. The summed E-state index contributed by atoms with van der Waals surface area (Å²) in [6.45, 7) is 6.54. The van der Waals surface area contributed by atoms with E-state index in [0.717, 1.165) is 43.6 Å². The van der Waals surface area contributed by atoms with Gasteiger partial charge in [-0.15, -0.1) is 0 Å². The van der Waals surface area contributed by atoms with Crippen molar-refractivity contribution in [1.29, 1.82) is 0 Å². The van der Waals surface area contributed by atoms with E-state index in [9.17, 15) is 4.79 Å². The van der Waals surface area contributed by atoms with Gasteiger partial charge in [-0.3, -0.25) is 9.48 Å². The highest BCUT2D eigenvalue weighted by atomic mass is 16.2. The number of hydrogen-bond donors (Lipinski definition) is 2. The molecule has 0 aliphatic carbocycles. The molecule has 1 aliphatic heterocycles. The van der Waals surface area contributed by atoms with Crippen LogP contribution in [0.3, 0.4) is 0 Å². The molecule has 5 nitrogen and oxygen atoms in total. The van der Waals surface area contributed by atoms with Crippen LogP contribution in [0.25, 0.3) is 0 Å². The van der Waals surface area contributed by atoms with E-state index in [-0.39, 0.29) is 11.3 Å². The molecule has 2 N–H and O–H groups in total. The Bertz CT molecular complexity index is 446. The fraction of sp³-hybridized carbons (Fsp3) is 0.714. The van der Waals surface area contributed by atoms with Gasteiger partial charge in [0.2, 0.25) is 5.91 Å². The second kappa shape index (κ2) is 5.74. The van der Waals surface area contributed by atoms with E-state index < -0.39 is 0 Å². The first-order valence-electron chi connectivity index (χ1n) is 7.05. The average molecular weight is 264 g/mol. The van der Waals surface area contributed by atoms with Gasteiger partial charge in [0.15, 0.2) is 0 Å². The van der Waals surface area contributed by atoms with E-state index in [4.69, 9.17) is 0 Å². The molecule has 0 radical (unpaired) electrons. The van der Waals surface area contributed by atoms with Crippen LogP contribution in [0.15, 0.2) is 6.20 Å². The maximum Gasteiger partial charge on any atom is 0.226 e. The molecule has 2 heterocycles. The molecule has 1 saturated heterocycles. The third kappa shape index (κ3) is 2.97. The van der Waals surface area contributed by atoms with Gasteiger partial charge in [-0.25, -0.2) is 0 Å². The summed E-state index contributed by atoms with van der Waals surface area (Å²) in [7, 11) is 1.90. The van der Waals surface area contributed by atoms with Crippen LogP contribution in [0.5, 0.6) is 0 Å². The minimum atomic E-state index is -0.179. The number of aromatic nitrogens is 2. The SMILES string of the molecule is CCC1(C(=O)NCc2cn(C)nc2C)CCNCC1. The topological polar surface area (TPSA) is 59.0 Å². The number of amides is 1. The van der Waals surface area contributed by atoms with Crippen LogP contribution in [0, 0.1) is 12.3 Å². The second-order valence-electron chi connectivity index (χ2n) is 5.48. The number of piperidine rings is 1. The van der Waals surface area contributed by atoms with Gasteiger partial charge in [0, 0.05) is 25.4 Å². The highest BCUT2D eigenvalue weighted by Gasteiger charge is 2.37. The fourth-order valence-electron chi connectivity index (χ4n) is 2.83. The summed E-state index contributed by atoms with van der Waals surface area (Å²) in [5.74, 6) is 0.194. The molecule has 0 spiro atoms. The summed E-state index contributed by atoms with van der Waals surface area (Å²) in [5, 5.41) is 10.7. The average Bonchev–Trinajstić information content (AvgIpc) is 2.75. The van der Waals surface area contributed by atoms with Crippen molar-refractivity contribution in [3.05, 3.63) is 17.5 Å². The van der Waals surface area contributed by atoms with E-state index in [1.165, 1.54) is 0 Å². The Balaban J connectivity index is 1.98. The van der Waals surface area contributed by atoms with Crippen LogP contribution >= 0.6 is 0 Å². The molecule has 2 rings (SSSR count). The van der Waals surface area contributed by atoms with E-state index in [1.54, 1.807) is 4.68 Å². The lowest BCUT2D eigenvalue weighted by molar-refractivity contribution is -0.133. The molecule has 0 aromatic carbocycles. The second-order valence-corrected chi connectivity index (χ2v) is 5.48. The maximum absolute atomic E-state index is 12.5. The molecule has 1 aromatic rings. The lowest BCUT2D eigenvalue weighted by Gasteiger charge is -2.35. The molecule has 19 heavy (non-hydrogen) atoms. The highest BCUT2D eigenvalue weighted by Crippen LogP contribution is 2.32. The Labute approximate surface area is 114 Å². The molecule has 0 atom stereocenters. The molecule has 1 aromatic heterocycles. The number of nitrogens with zero attached hydrogens (tertiary/aromatic N) is 2. The van der Waals surface area contributed by atoms with Gasteiger partial charge >= 0.3 is 0 Å². The number of aryl methyl sites for hydroxylation is 2. The zero-order chi connectivity index (χ0) is 13.9.